The number of methoxy groups -OCH3 is 1. The summed E-state index contributed by atoms with van der Waals surface area (Å²) in [4.78, 5) is 35.1. The molecular formula is C16H21NO9S. The third-order valence-corrected chi connectivity index (χ3v) is 4.42. The first-order chi connectivity index (χ1) is 12.8. The summed E-state index contributed by atoms with van der Waals surface area (Å²) >= 11 is 0. The first kappa shape index (κ1) is 22.4. The van der Waals surface area contributed by atoms with Gasteiger partial charge in [0.15, 0.2) is 6.04 Å². The maximum atomic E-state index is 11.8. The minimum atomic E-state index is -3.81. The largest absolute Gasteiger partial charge is 0.467 e. The lowest BCUT2D eigenvalue weighted by molar-refractivity contribution is -0.150. The Labute approximate surface area is 156 Å². The van der Waals surface area contributed by atoms with Crippen molar-refractivity contribution in [1.29, 1.82) is 0 Å². The van der Waals surface area contributed by atoms with Crippen LogP contribution >= 0.6 is 0 Å². The van der Waals surface area contributed by atoms with Crippen molar-refractivity contribution < 1.29 is 41.2 Å². The van der Waals surface area contributed by atoms with Crippen molar-refractivity contribution in [2.24, 2.45) is 0 Å². The van der Waals surface area contributed by atoms with Crippen molar-refractivity contribution in [2.45, 2.75) is 19.1 Å². The summed E-state index contributed by atoms with van der Waals surface area (Å²) < 4.78 is 40.8. The molecule has 1 N–H and O–H groups in total. The summed E-state index contributed by atoms with van der Waals surface area (Å²) in [5, 5.41) is 2.22. The Morgan fingerprint density at radius 3 is 2.33 bits per heavy atom. The molecular weight excluding hydrogens is 382 g/mol. The van der Waals surface area contributed by atoms with Gasteiger partial charge in [-0.2, -0.15) is 8.42 Å². The molecule has 1 unspecified atom stereocenters. The van der Waals surface area contributed by atoms with Crippen LogP contribution in [0.15, 0.2) is 30.3 Å². The van der Waals surface area contributed by atoms with Crippen molar-refractivity contribution in [1.82, 2.24) is 5.32 Å². The minimum Gasteiger partial charge on any atom is -0.467 e. The second kappa shape index (κ2) is 11.1. The van der Waals surface area contributed by atoms with Crippen LogP contribution < -0.4 is 5.32 Å². The number of nitrogens with one attached hydrogen (secondary N) is 1. The number of carbonyl (C=O) groups is 3. The lowest BCUT2D eigenvalue weighted by Crippen LogP contribution is -2.45. The highest BCUT2D eigenvalue weighted by Crippen LogP contribution is 2.02. The van der Waals surface area contributed by atoms with Crippen LogP contribution in [0.25, 0.3) is 0 Å². The lowest BCUT2D eigenvalue weighted by atomic mass is 10.2. The molecule has 0 fully saturated rings. The molecule has 1 atom stereocenters. The Hall–Kier alpha value is -2.66. The topological polar surface area (TPSA) is 134 Å². The van der Waals surface area contributed by atoms with Gasteiger partial charge in [0.05, 0.1) is 26.4 Å². The third kappa shape index (κ3) is 9.01. The number of esters is 2. The maximum Gasteiger partial charge on any atom is 0.408 e. The number of amides is 1. The molecule has 0 saturated heterocycles. The van der Waals surface area contributed by atoms with Crippen molar-refractivity contribution in [3.05, 3.63) is 35.9 Å². The summed E-state index contributed by atoms with van der Waals surface area (Å²) in [7, 11) is -1.74. The van der Waals surface area contributed by atoms with Crippen molar-refractivity contribution in [3.63, 3.8) is 0 Å². The number of hydrogen-bond donors (Lipinski definition) is 1. The van der Waals surface area contributed by atoms with E-state index < -0.39 is 53.0 Å². The molecule has 1 rings (SSSR count). The number of ether oxygens (including phenoxy) is 3. The van der Waals surface area contributed by atoms with Crippen molar-refractivity contribution >= 4 is 28.1 Å². The first-order valence-corrected chi connectivity index (χ1v) is 9.34. The predicted molar refractivity (Wildman–Crippen MR) is 91.9 cm³/mol. The molecule has 0 spiro atoms. The van der Waals surface area contributed by atoms with Gasteiger partial charge < -0.3 is 19.5 Å². The van der Waals surface area contributed by atoms with Crippen molar-refractivity contribution in [3.8, 4) is 0 Å². The van der Waals surface area contributed by atoms with E-state index in [-0.39, 0.29) is 6.61 Å². The minimum absolute atomic E-state index is 0.0186. The highest BCUT2D eigenvalue weighted by atomic mass is 32.2. The summed E-state index contributed by atoms with van der Waals surface area (Å²) in [5.41, 5.74) is 0.744. The Morgan fingerprint density at radius 2 is 1.74 bits per heavy atom. The third-order valence-electron chi connectivity index (χ3n) is 3.21. The number of carbonyl (C=O) groups excluding carboxylic acids is 3. The van der Waals surface area contributed by atoms with Crippen LogP contribution in [-0.2, 0) is 44.7 Å². The van der Waals surface area contributed by atoms with Gasteiger partial charge in [-0.25, -0.2) is 9.59 Å². The second-order valence-corrected chi connectivity index (χ2v) is 7.00. The van der Waals surface area contributed by atoms with Gasteiger partial charge in [0.2, 0.25) is 0 Å². The van der Waals surface area contributed by atoms with Crippen LogP contribution in [0.5, 0.6) is 0 Å². The van der Waals surface area contributed by atoms with E-state index >= 15 is 0 Å². The highest BCUT2D eigenvalue weighted by molar-refractivity contribution is 7.86. The molecule has 0 bridgehead atoms. The zero-order chi connectivity index (χ0) is 20.3. The van der Waals surface area contributed by atoms with Crippen LogP contribution in [0, 0.1) is 0 Å². The molecule has 11 heteroatoms. The van der Waals surface area contributed by atoms with Crippen molar-refractivity contribution in [2.75, 3.05) is 26.6 Å². The second-order valence-electron chi connectivity index (χ2n) is 5.14. The quantitative estimate of drug-likeness (QED) is 0.334. The van der Waals surface area contributed by atoms with Crippen LogP contribution in [0.1, 0.15) is 12.0 Å². The van der Waals surface area contributed by atoms with E-state index in [1.807, 2.05) is 6.07 Å². The van der Waals surface area contributed by atoms with Gasteiger partial charge in [-0.3, -0.25) is 8.98 Å². The molecule has 0 aliphatic heterocycles. The number of rotatable bonds is 10. The normalized spacial score (nSPS) is 11.9. The molecule has 0 aromatic heterocycles. The van der Waals surface area contributed by atoms with E-state index in [0.717, 1.165) is 19.8 Å². The summed E-state index contributed by atoms with van der Waals surface area (Å²) in [5.74, 6) is -2.31. The fourth-order valence-corrected chi connectivity index (χ4v) is 2.34. The van der Waals surface area contributed by atoms with Gasteiger partial charge in [0.1, 0.15) is 13.2 Å². The van der Waals surface area contributed by atoms with E-state index in [1.54, 1.807) is 24.3 Å². The van der Waals surface area contributed by atoms with Gasteiger partial charge in [0, 0.05) is 0 Å². The van der Waals surface area contributed by atoms with Crippen LogP contribution in [0.4, 0.5) is 4.79 Å². The zero-order valence-electron chi connectivity index (χ0n) is 14.9. The molecule has 0 saturated carbocycles. The average Bonchev–Trinajstić information content (AvgIpc) is 2.68. The Balaban J connectivity index is 2.49. The van der Waals surface area contributed by atoms with Gasteiger partial charge in [-0.05, 0) is 5.56 Å². The summed E-state index contributed by atoms with van der Waals surface area (Å²) in [6.07, 6.45) is -1.38. The van der Waals surface area contributed by atoms with E-state index in [0.29, 0.717) is 0 Å². The molecule has 0 heterocycles. The molecule has 1 amide bonds. The van der Waals surface area contributed by atoms with Crippen LogP contribution in [-0.4, -0.2) is 59.1 Å². The van der Waals surface area contributed by atoms with E-state index in [4.69, 9.17) is 9.47 Å². The monoisotopic (exact) mass is 403 g/mol. The molecule has 1 aromatic rings. The predicted octanol–water partition coefficient (Wildman–Crippen LogP) is 0.364. The maximum absolute atomic E-state index is 11.8. The number of benzene rings is 1. The fraction of sp³-hybridized carbons (Fsp3) is 0.438. The van der Waals surface area contributed by atoms with Gasteiger partial charge in [-0.15, -0.1) is 0 Å². The molecule has 150 valence electrons. The molecule has 10 nitrogen and oxygen atoms in total. The molecule has 1 aromatic carbocycles. The summed E-state index contributed by atoms with van der Waals surface area (Å²) in [6, 6.07) is 7.56. The van der Waals surface area contributed by atoms with Gasteiger partial charge >= 0.3 is 18.0 Å². The average molecular weight is 403 g/mol. The first-order valence-electron chi connectivity index (χ1n) is 7.76. The van der Waals surface area contributed by atoms with Gasteiger partial charge in [-0.1, -0.05) is 30.3 Å². The molecule has 0 aliphatic carbocycles. The fourth-order valence-electron chi connectivity index (χ4n) is 1.76. The number of alkyl carbamates (subject to hydrolysis) is 1. The van der Waals surface area contributed by atoms with Crippen LogP contribution in [0.3, 0.4) is 0 Å². The standard InChI is InChI=1S/C16H21NO9S/c1-23-15(19)13(11-25-14(18)8-9-27(21,22)24-2)17-16(20)26-10-12-6-4-3-5-7-12/h3-7,13H,8-11H2,1-2H3,(H,17,20). The van der Waals surface area contributed by atoms with Crippen LogP contribution in [0.2, 0.25) is 0 Å². The van der Waals surface area contributed by atoms with E-state index in [2.05, 4.69) is 14.2 Å². The Bertz CT molecular complexity index is 734. The van der Waals surface area contributed by atoms with E-state index in [9.17, 15) is 22.8 Å². The molecule has 0 radical (unpaired) electrons. The highest BCUT2D eigenvalue weighted by Gasteiger charge is 2.24. The number of hydrogen-bond acceptors (Lipinski definition) is 9. The zero-order valence-corrected chi connectivity index (χ0v) is 15.7. The van der Waals surface area contributed by atoms with E-state index in [1.165, 1.54) is 0 Å². The smallest absolute Gasteiger partial charge is 0.408 e. The molecule has 27 heavy (non-hydrogen) atoms. The van der Waals surface area contributed by atoms with Gasteiger partial charge in [0.25, 0.3) is 10.1 Å². The Morgan fingerprint density at radius 1 is 1.07 bits per heavy atom. The summed E-state index contributed by atoms with van der Waals surface area (Å²) in [6.45, 7) is -0.561. The SMILES string of the molecule is COC(=O)C(COC(=O)CCS(=O)(=O)OC)NC(=O)OCc1ccccc1. The Kier molecular flexibility index (Phi) is 9.23. The lowest BCUT2D eigenvalue weighted by Gasteiger charge is -2.16. The molecule has 0 aliphatic rings.